The van der Waals surface area contributed by atoms with Crippen molar-refractivity contribution in [2.75, 3.05) is 51.6 Å². The number of nitrogens with two attached hydrogens (primary N) is 1. The summed E-state index contributed by atoms with van der Waals surface area (Å²) in [7, 11) is 1.51. The summed E-state index contributed by atoms with van der Waals surface area (Å²) < 4.78 is 64.5. The Balaban J connectivity index is 1.26. The predicted octanol–water partition coefficient (Wildman–Crippen LogP) is 6.50. The number of fused-ring (bicyclic) bond motifs is 5. The number of hydrogen-bond donors (Lipinski definition) is 1. The van der Waals surface area contributed by atoms with Crippen molar-refractivity contribution >= 4 is 33.4 Å². The van der Waals surface area contributed by atoms with E-state index in [0.717, 1.165) is 38.6 Å². The quantitative estimate of drug-likeness (QED) is 0.164. The molecule has 2 N–H and O–H groups in total. The minimum atomic E-state index is -0.931. The summed E-state index contributed by atoms with van der Waals surface area (Å²) in [4.78, 5) is 30.4. The molecule has 13 heteroatoms. The summed E-state index contributed by atoms with van der Waals surface area (Å²) in [6, 6.07) is 6.49. The molecule has 2 unspecified atom stereocenters. The molecule has 4 aromatic rings. The van der Waals surface area contributed by atoms with E-state index in [2.05, 4.69) is 19.8 Å². The van der Waals surface area contributed by atoms with Crippen LogP contribution in [0.1, 0.15) is 63.9 Å². The van der Waals surface area contributed by atoms with E-state index in [1.807, 2.05) is 6.92 Å². The number of amides is 1. The van der Waals surface area contributed by atoms with Gasteiger partial charge in [0, 0.05) is 51.3 Å². The lowest BCUT2D eigenvalue weighted by Crippen LogP contribution is -2.44. The van der Waals surface area contributed by atoms with Gasteiger partial charge in [-0.15, -0.1) is 0 Å². The van der Waals surface area contributed by atoms with Crippen molar-refractivity contribution in [1.29, 1.82) is 0 Å². The van der Waals surface area contributed by atoms with Gasteiger partial charge in [-0.1, -0.05) is 13.0 Å². The molecule has 10 nitrogen and oxygen atoms in total. The average molecular weight is 719 g/mol. The lowest BCUT2D eigenvalue weighted by molar-refractivity contribution is -0.118. The number of ether oxygens (including phenoxy) is 3. The van der Waals surface area contributed by atoms with E-state index in [0.29, 0.717) is 90.1 Å². The van der Waals surface area contributed by atoms with E-state index in [1.165, 1.54) is 13.2 Å². The van der Waals surface area contributed by atoms with Crippen LogP contribution in [0.25, 0.3) is 32.9 Å². The third kappa shape index (κ3) is 6.19. The van der Waals surface area contributed by atoms with Crippen LogP contribution in [-0.2, 0) is 16.0 Å². The number of primary amides is 1. The van der Waals surface area contributed by atoms with Crippen molar-refractivity contribution in [2.24, 2.45) is 17.1 Å². The van der Waals surface area contributed by atoms with Gasteiger partial charge in [-0.25, -0.2) is 13.2 Å². The Labute approximate surface area is 300 Å². The number of piperidine rings is 1. The van der Waals surface area contributed by atoms with Crippen molar-refractivity contribution < 1.29 is 32.2 Å². The number of nitrogens with zero attached hydrogens (tertiary/aromatic N) is 5. The molecular weight excluding hydrogens is 673 g/mol. The number of halogens is 3. The maximum absolute atomic E-state index is 17.3. The molecule has 276 valence electrons. The molecule has 1 amide bonds. The second-order valence-corrected chi connectivity index (χ2v) is 15.3. The van der Waals surface area contributed by atoms with Crippen molar-refractivity contribution in [2.45, 2.75) is 76.4 Å². The minimum Gasteiger partial charge on any atom is -0.468 e. The lowest BCUT2D eigenvalue weighted by atomic mass is 9.78. The first-order valence-corrected chi connectivity index (χ1v) is 18.4. The van der Waals surface area contributed by atoms with Gasteiger partial charge < -0.3 is 24.8 Å². The average Bonchev–Trinajstić information content (AvgIpc) is 3.77. The Hall–Kier alpha value is -4.23. The third-order valence-corrected chi connectivity index (χ3v) is 12.0. The van der Waals surface area contributed by atoms with E-state index in [4.69, 9.17) is 24.9 Å². The molecule has 4 fully saturated rings. The lowest BCUT2D eigenvalue weighted by Gasteiger charge is -2.41. The number of alkyl halides is 1. The summed E-state index contributed by atoms with van der Waals surface area (Å²) in [6.45, 7) is 4.52. The topological polar surface area (TPSA) is 116 Å². The highest BCUT2D eigenvalue weighted by Gasteiger charge is 2.50. The van der Waals surface area contributed by atoms with Crippen molar-refractivity contribution in [1.82, 2.24) is 19.9 Å². The molecule has 3 saturated heterocycles. The molecule has 0 spiro atoms. The number of aryl methyl sites for hydroxylation is 1. The SMILES string of the molecule is CCc1c(F)ccc2cc(OCOC)cc(-c3ncc4c(N5CC6CCC(CCC(N)=O)(C6)C5)nc(OC[C@@]56CCCN5C[C@H](F)C6)nc4c3F)c12. The number of pyridine rings is 1. The first-order valence-electron chi connectivity index (χ1n) is 18.4. The Morgan fingerprint density at radius 3 is 2.79 bits per heavy atom. The molecule has 1 saturated carbocycles. The predicted molar refractivity (Wildman–Crippen MR) is 191 cm³/mol. The number of rotatable bonds is 12. The number of benzene rings is 2. The smallest absolute Gasteiger partial charge is 0.319 e. The molecule has 2 bridgehead atoms. The molecule has 8 rings (SSSR count). The fourth-order valence-electron chi connectivity index (χ4n) is 9.66. The van der Waals surface area contributed by atoms with Gasteiger partial charge in [0.1, 0.15) is 41.4 Å². The van der Waals surface area contributed by atoms with Gasteiger partial charge >= 0.3 is 6.01 Å². The highest BCUT2D eigenvalue weighted by atomic mass is 19.1. The molecule has 52 heavy (non-hydrogen) atoms. The van der Waals surface area contributed by atoms with Crippen LogP contribution in [0.15, 0.2) is 30.5 Å². The van der Waals surface area contributed by atoms with E-state index in [1.54, 1.807) is 24.4 Å². The van der Waals surface area contributed by atoms with E-state index >= 15 is 8.78 Å². The Morgan fingerprint density at radius 2 is 1.98 bits per heavy atom. The highest BCUT2D eigenvalue weighted by Crippen LogP contribution is 2.51. The van der Waals surface area contributed by atoms with Crippen LogP contribution in [-0.4, -0.2) is 84.2 Å². The fourth-order valence-corrected chi connectivity index (χ4v) is 9.66. The van der Waals surface area contributed by atoms with Gasteiger partial charge in [-0.2, -0.15) is 9.97 Å². The zero-order valence-electron chi connectivity index (χ0n) is 29.7. The molecule has 2 aromatic heterocycles. The van der Waals surface area contributed by atoms with Gasteiger partial charge in [0.2, 0.25) is 5.91 Å². The number of carbonyl (C=O) groups is 1. The maximum Gasteiger partial charge on any atom is 0.319 e. The Bertz CT molecular complexity index is 2030. The van der Waals surface area contributed by atoms with Crippen LogP contribution in [0.3, 0.4) is 0 Å². The molecule has 2 aromatic carbocycles. The number of carbonyl (C=O) groups excluding carboxylic acids is 1. The van der Waals surface area contributed by atoms with Crippen LogP contribution < -0.4 is 20.1 Å². The summed E-state index contributed by atoms with van der Waals surface area (Å²) in [5.74, 6) is -0.115. The van der Waals surface area contributed by atoms with E-state index in [-0.39, 0.29) is 41.9 Å². The number of aromatic nitrogens is 3. The summed E-state index contributed by atoms with van der Waals surface area (Å²) in [5, 5.41) is 1.63. The number of methoxy groups -OCH3 is 1. The van der Waals surface area contributed by atoms with Crippen LogP contribution in [0.2, 0.25) is 0 Å². The van der Waals surface area contributed by atoms with Crippen LogP contribution >= 0.6 is 0 Å². The second kappa shape index (κ2) is 13.6. The van der Waals surface area contributed by atoms with E-state index in [9.17, 15) is 9.18 Å². The first kappa shape index (κ1) is 34.8. The van der Waals surface area contributed by atoms with Gasteiger partial charge in [0.05, 0.1) is 10.9 Å². The van der Waals surface area contributed by atoms with Crippen molar-refractivity contribution in [3.63, 3.8) is 0 Å². The van der Waals surface area contributed by atoms with Crippen molar-refractivity contribution in [3.8, 4) is 23.0 Å². The summed E-state index contributed by atoms with van der Waals surface area (Å²) in [6.07, 6.45) is 7.11. The van der Waals surface area contributed by atoms with Gasteiger partial charge in [0.25, 0.3) is 0 Å². The largest absolute Gasteiger partial charge is 0.468 e. The van der Waals surface area contributed by atoms with Crippen molar-refractivity contribution in [3.05, 3.63) is 47.7 Å². The normalized spacial score (nSPS) is 25.7. The second-order valence-electron chi connectivity index (χ2n) is 15.3. The van der Waals surface area contributed by atoms with E-state index < -0.39 is 23.3 Å². The molecule has 5 heterocycles. The monoisotopic (exact) mass is 718 g/mol. The van der Waals surface area contributed by atoms with Crippen LogP contribution in [0.4, 0.5) is 19.0 Å². The Kier molecular flexibility index (Phi) is 9.13. The van der Waals surface area contributed by atoms with Gasteiger partial charge in [-0.05, 0) is 97.4 Å². The molecule has 3 aliphatic heterocycles. The van der Waals surface area contributed by atoms with Crippen LogP contribution in [0, 0.1) is 23.0 Å². The zero-order valence-corrected chi connectivity index (χ0v) is 29.7. The standard InChI is InChI=1S/C39H45F3N6O4/c1-3-27-30(41)6-5-24-13-26(52-22-50-2)14-28(32(24)27)34-33(42)35-29(17-44-34)36(47-18-23-7-10-38(15-23,20-47)11-8-31(43)49)46-37(45-35)51-21-39-9-4-12-48(39)19-25(40)16-39/h5-6,13-14,17,23,25H,3-4,7-12,15-16,18-22H2,1-2H3,(H2,43,49)/t23?,25-,38?,39+/m1/s1. The Morgan fingerprint density at radius 1 is 1.12 bits per heavy atom. The fraction of sp³-hybridized carbons (Fsp3) is 0.538. The van der Waals surface area contributed by atoms with Gasteiger partial charge in [0.15, 0.2) is 12.6 Å². The molecule has 0 radical (unpaired) electrons. The molecule has 4 atom stereocenters. The summed E-state index contributed by atoms with van der Waals surface area (Å²) >= 11 is 0. The zero-order chi connectivity index (χ0) is 36.2. The number of hydrogen-bond acceptors (Lipinski definition) is 9. The molecule has 4 aliphatic rings. The summed E-state index contributed by atoms with van der Waals surface area (Å²) in [5.41, 5.74) is 5.82. The first-order chi connectivity index (χ1) is 25.1. The highest BCUT2D eigenvalue weighted by molar-refractivity contribution is 6.02. The maximum atomic E-state index is 17.3. The van der Waals surface area contributed by atoms with Gasteiger partial charge in [-0.3, -0.25) is 14.7 Å². The minimum absolute atomic E-state index is 0.00789. The third-order valence-electron chi connectivity index (χ3n) is 12.0. The van der Waals surface area contributed by atoms with Crippen LogP contribution in [0.5, 0.6) is 11.8 Å². The number of anilines is 1. The molecular formula is C39H45F3N6O4. The molecule has 1 aliphatic carbocycles.